The van der Waals surface area contributed by atoms with E-state index in [1.165, 1.54) is 7.11 Å². The number of nitrogens with one attached hydrogen (secondary N) is 2. The second kappa shape index (κ2) is 7.42. The maximum absolute atomic E-state index is 11.8. The Kier molecular flexibility index (Phi) is 5.89. The molecule has 0 aromatic carbocycles. The van der Waals surface area contributed by atoms with E-state index < -0.39 is 12.0 Å². The quantitative estimate of drug-likeness (QED) is 0.752. The van der Waals surface area contributed by atoms with E-state index in [1.807, 2.05) is 6.92 Å². The van der Waals surface area contributed by atoms with Gasteiger partial charge in [0.2, 0.25) is 11.7 Å². The highest BCUT2D eigenvalue weighted by Gasteiger charge is 2.15. The van der Waals surface area contributed by atoms with Gasteiger partial charge in [0.25, 0.3) is 0 Å². The maximum Gasteiger partial charge on any atom is 0.376 e. The van der Waals surface area contributed by atoms with Crippen molar-refractivity contribution in [1.82, 2.24) is 15.3 Å². The Hall–Kier alpha value is -2.18. The van der Waals surface area contributed by atoms with Crippen molar-refractivity contribution in [3.8, 4) is 0 Å². The minimum Gasteiger partial charge on any atom is -0.463 e. The molecular formula is C13H20N4O3. The van der Waals surface area contributed by atoms with Gasteiger partial charge in [0.15, 0.2) is 0 Å². The van der Waals surface area contributed by atoms with Crippen LogP contribution in [0.4, 0.5) is 5.82 Å². The standard InChI is InChI=1S/C13H20N4O3/c1-5-6-14-12(18)9(3)16-10-7-8(2)15-11(17-10)13(19)20-4/h7,9H,5-6H2,1-4H3,(H,14,18)(H,15,16,17). The molecule has 0 spiro atoms. The van der Waals surface area contributed by atoms with Crippen LogP contribution in [0.3, 0.4) is 0 Å². The number of amides is 1. The van der Waals surface area contributed by atoms with Crippen molar-refractivity contribution in [1.29, 1.82) is 0 Å². The first-order chi connectivity index (χ1) is 9.47. The molecule has 0 aliphatic heterocycles. The van der Waals surface area contributed by atoms with Crippen molar-refractivity contribution in [3.05, 3.63) is 17.6 Å². The van der Waals surface area contributed by atoms with Crippen LogP contribution in [0.5, 0.6) is 0 Å². The summed E-state index contributed by atoms with van der Waals surface area (Å²) in [5.41, 5.74) is 0.615. The fraction of sp³-hybridized carbons (Fsp3) is 0.538. The summed E-state index contributed by atoms with van der Waals surface area (Å²) in [6.45, 7) is 6.07. The smallest absolute Gasteiger partial charge is 0.376 e. The van der Waals surface area contributed by atoms with Crippen LogP contribution in [0.2, 0.25) is 0 Å². The Morgan fingerprint density at radius 3 is 2.70 bits per heavy atom. The molecule has 1 aromatic heterocycles. The monoisotopic (exact) mass is 280 g/mol. The lowest BCUT2D eigenvalue weighted by molar-refractivity contribution is -0.121. The Balaban J connectivity index is 2.79. The molecule has 20 heavy (non-hydrogen) atoms. The van der Waals surface area contributed by atoms with Gasteiger partial charge >= 0.3 is 5.97 Å². The van der Waals surface area contributed by atoms with Gasteiger partial charge in [-0.25, -0.2) is 14.8 Å². The first-order valence-corrected chi connectivity index (χ1v) is 6.46. The molecule has 1 rings (SSSR count). The zero-order chi connectivity index (χ0) is 15.1. The predicted octanol–water partition coefficient (Wildman–Crippen LogP) is 0.898. The molecule has 1 heterocycles. The van der Waals surface area contributed by atoms with Crippen LogP contribution >= 0.6 is 0 Å². The van der Waals surface area contributed by atoms with Gasteiger partial charge in [-0.2, -0.15) is 0 Å². The Morgan fingerprint density at radius 2 is 2.10 bits per heavy atom. The van der Waals surface area contributed by atoms with Crippen LogP contribution in [0.1, 0.15) is 36.6 Å². The number of rotatable bonds is 6. The summed E-state index contributed by atoms with van der Waals surface area (Å²) in [5, 5.41) is 5.72. The van der Waals surface area contributed by atoms with Crippen LogP contribution in [-0.2, 0) is 9.53 Å². The molecule has 0 aliphatic carbocycles. The molecule has 1 unspecified atom stereocenters. The molecule has 1 amide bonds. The number of carbonyl (C=O) groups is 2. The number of esters is 1. The summed E-state index contributed by atoms with van der Waals surface area (Å²) >= 11 is 0. The van der Waals surface area contributed by atoms with E-state index >= 15 is 0 Å². The Morgan fingerprint density at radius 1 is 1.40 bits per heavy atom. The molecule has 0 fully saturated rings. The minimum absolute atomic E-state index is 0.0313. The second-order valence-electron chi connectivity index (χ2n) is 4.37. The Labute approximate surface area is 118 Å². The van der Waals surface area contributed by atoms with Crippen molar-refractivity contribution in [3.63, 3.8) is 0 Å². The first-order valence-electron chi connectivity index (χ1n) is 6.46. The van der Waals surface area contributed by atoms with E-state index in [-0.39, 0.29) is 11.7 Å². The summed E-state index contributed by atoms with van der Waals surface area (Å²) < 4.78 is 4.58. The van der Waals surface area contributed by atoms with Crippen LogP contribution in [0, 0.1) is 6.92 Å². The number of carbonyl (C=O) groups excluding carboxylic acids is 2. The van der Waals surface area contributed by atoms with Crippen molar-refractivity contribution >= 4 is 17.7 Å². The average molecular weight is 280 g/mol. The van der Waals surface area contributed by atoms with Gasteiger partial charge in [0, 0.05) is 18.3 Å². The number of aromatic nitrogens is 2. The van der Waals surface area contributed by atoms with Gasteiger partial charge in [-0.15, -0.1) is 0 Å². The highest BCUT2D eigenvalue weighted by molar-refractivity contribution is 5.86. The lowest BCUT2D eigenvalue weighted by atomic mass is 10.3. The molecule has 0 bridgehead atoms. The fourth-order valence-corrected chi connectivity index (χ4v) is 1.51. The van der Waals surface area contributed by atoms with Gasteiger partial charge in [-0.1, -0.05) is 6.92 Å². The van der Waals surface area contributed by atoms with Crippen LogP contribution in [0.25, 0.3) is 0 Å². The van der Waals surface area contributed by atoms with Crippen molar-refractivity contribution in [2.75, 3.05) is 19.0 Å². The van der Waals surface area contributed by atoms with E-state index in [9.17, 15) is 9.59 Å². The molecule has 0 saturated carbocycles. The second-order valence-corrected chi connectivity index (χ2v) is 4.37. The van der Waals surface area contributed by atoms with Crippen molar-refractivity contribution in [2.45, 2.75) is 33.2 Å². The number of hydrogen-bond donors (Lipinski definition) is 2. The molecule has 1 atom stereocenters. The SMILES string of the molecule is CCCNC(=O)C(C)Nc1cc(C)nc(C(=O)OC)n1. The number of methoxy groups -OCH3 is 1. The van der Waals surface area contributed by atoms with Gasteiger partial charge < -0.3 is 15.4 Å². The summed E-state index contributed by atoms with van der Waals surface area (Å²) in [6.07, 6.45) is 0.873. The third-order valence-corrected chi connectivity index (χ3v) is 2.53. The third kappa shape index (κ3) is 4.49. The highest BCUT2D eigenvalue weighted by Crippen LogP contribution is 2.08. The lowest BCUT2D eigenvalue weighted by Gasteiger charge is -2.15. The number of hydrogen-bond acceptors (Lipinski definition) is 6. The normalized spacial score (nSPS) is 11.6. The average Bonchev–Trinajstić information content (AvgIpc) is 2.42. The lowest BCUT2D eigenvalue weighted by Crippen LogP contribution is -2.38. The summed E-state index contributed by atoms with van der Waals surface area (Å²) in [4.78, 5) is 31.2. The van der Waals surface area contributed by atoms with E-state index in [0.29, 0.717) is 18.1 Å². The molecule has 0 aliphatic rings. The number of nitrogens with zero attached hydrogens (tertiary/aromatic N) is 2. The van der Waals surface area contributed by atoms with Crippen molar-refractivity contribution < 1.29 is 14.3 Å². The van der Waals surface area contributed by atoms with E-state index in [0.717, 1.165) is 6.42 Å². The molecule has 7 nitrogen and oxygen atoms in total. The first kappa shape index (κ1) is 15.9. The van der Waals surface area contributed by atoms with Gasteiger partial charge in [0.1, 0.15) is 11.9 Å². The zero-order valence-corrected chi connectivity index (χ0v) is 12.2. The predicted molar refractivity (Wildman–Crippen MR) is 74.5 cm³/mol. The molecule has 1 aromatic rings. The molecule has 0 radical (unpaired) electrons. The third-order valence-electron chi connectivity index (χ3n) is 2.53. The summed E-state index contributed by atoms with van der Waals surface area (Å²) in [5.74, 6) is -0.351. The molecule has 7 heteroatoms. The number of aryl methyl sites for hydroxylation is 1. The van der Waals surface area contributed by atoms with E-state index in [1.54, 1.807) is 19.9 Å². The molecule has 0 saturated heterocycles. The summed E-state index contributed by atoms with van der Waals surface area (Å²) in [6, 6.07) is 1.21. The minimum atomic E-state index is -0.611. The van der Waals surface area contributed by atoms with Crippen molar-refractivity contribution in [2.24, 2.45) is 0 Å². The zero-order valence-electron chi connectivity index (χ0n) is 12.2. The summed E-state index contributed by atoms with van der Waals surface area (Å²) in [7, 11) is 1.27. The van der Waals surface area contributed by atoms with E-state index in [2.05, 4.69) is 25.3 Å². The molecular weight excluding hydrogens is 260 g/mol. The molecule has 2 N–H and O–H groups in total. The van der Waals surface area contributed by atoms with Gasteiger partial charge in [-0.05, 0) is 20.3 Å². The number of ether oxygens (including phenoxy) is 1. The number of anilines is 1. The topological polar surface area (TPSA) is 93.2 Å². The van der Waals surface area contributed by atoms with Gasteiger partial charge in [-0.3, -0.25) is 4.79 Å². The van der Waals surface area contributed by atoms with Crippen LogP contribution < -0.4 is 10.6 Å². The maximum atomic E-state index is 11.8. The van der Waals surface area contributed by atoms with Gasteiger partial charge in [0.05, 0.1) is 7.11 Å². The highest BCUT2D eigenvalue weighted by atomic mass is 16.5. The largest absolute Gasteiger partial charge is 0.463 e. The van der Waals surface area contributed by atoms with Crippen LogP contribution in [-0.4, -0.2) is 41.5 Å². The van der Waals surface area contributed by atoms with Crippen LogP contribution in [0.15, 0.2) is 6.07 Å². The fourth-order valence-electron chi connectivity index (χ4n) is 1.51. The molecule has 110 valence electrons. The van der Waals surface area contributed by atoms with E-state index in [4.69, 9.17) is 0 Å². The Bertz CT molecular complexity index is 491.